The molecule has 1 saturated carbocycles. The monoisotopic (exact) mass is 396 g/mol. The van der Waals surface area contributed by atoms with Gasteiger partial charge in [0.2, 0.25) is 11.8 Å². The summed E-state index contributed by atoms with van der Waals surface area (Å²) in [4.78, 5) is 25.5. The van der Waals surface area contributed by atoms with Crippen LogP contribution >= 0.6 is 0 Å². The van der Waals surface area contributed by atoms with Crippen molar-refractivity contribution in [3.05, 3.63) is 48.0 Å². The molecule has 1 aliphatic carbocycles. The minimum absolute atomic E-state index is 0.234. The third-order valence-electron chi connectivity index (χ3n) is 5.29. The highest BCUT2D eigenvalue weighted by Gasteiger charge is 2.56. The van der Waals surface area contributed by atoms with E-state index in [0.29, 0.717) is 56.2 Å². The van der Waals surface area contributed by atoms with E-state index in [0.717, 1.165) is 11.3 Å². The maximum Gasteiger partial charge on any atom is 0.240 e. The van der Waals surface area contributed by atoms with Crippen molar-refractivity contribution in [1.82, 2.24) is 5.32 Å². The van der Waals surface area contributed by atoms with Gasteiger partial charge >= 0.3 is 0 Å². The van der Waals surface area contributed by atoms with Crippen LogP contribution in [0.25, 0.3) is 0 Å². The van der Waals surface area contributed by atoms with Gasteiger partial charge in [-0.2, -0.15) is 0 Å². The van der Waals surface area contributed by atoms with E-state index in [2.05, 4.69) is 10.6 Å². The molecule has 0 bridgehead atoms. The maximum absolute atomic E-state index is 12.8. The van der Waals surface area contributed by atoms with Gasteiger partial charge in [-0.15, -0.1) is 0 Å². The molecule has 0 unspecified atom stereocenters. The summed E-state index contributed by atoms with van der Waals surface area (Å²) in [5.74, 6) is 1.52. The van der Waals surface area contributed by atoms with Crippen LogP contribution in [0.4, 0.5) is 5.69 Å². The molecule has 1 fully saturated rings. The topological polar surface area (TPSA) is 85.9 Å². The standard InChI is InChI=1S/C22H24N2O5/c1-27-17-5-3-2-4-15(17)8-11-23-20(25)22(9-10-22)21(26)24-16-6-7-18-19(14-16)29-13-12-28-18/h2-7,14H,8-13H2,1H3,(H,23,25)(H,24,26). The number of hydrogen-bond donors (Lipinski definition) is 2. The largest absolute Gasteiger partial charge is 0.496 e. The minimum atomic E-state index is -0.992. The first-order valence-electron chi connectivity index (χ1n) is 9.74. The fourth-order valence-corrected chi connectivity index (χ4v) is 3.44. The molecule has 1 aliphatic heterocycles. The second-order valence-corrected chi connectivity index (χ2v) is 7.21. The van der Waals surface area contributed by atoms with Crippen LogP contribution in [0.3, 0.4) is 0 Å². The summed E-state index contributed by atoms with van der Waals surface area (Å²) in [6.45, 7) is 1.43. The van der Waals surface area contributed by atoms with E-state index in [1.165, 1.54) is 0 Å². The first kappa shape index (κ1) is 19.1. The molecular weight excluding hydrogens is 372 g/mol. The highest BCUT2D eigenvalue weighted by Crippen LogP contribution is 2.47. The predicted octanol–water partition coefficient (Wildman–Crippen LogP) is 2.54. The Hall–Kier alpha value is -3.22. The Morgan fingerprint density at radius 3 is 2.55 bits per heavy atom. The van der Waals surface area contributed by atoms with Crippen LogP contribution in [0.1, 0.15) is 18.4 Å². The van der Waals surface area contributed by atoms with Gasteiger partial charge in [0.25, 0.3) is 0 Å². The first-order chi connectivity index (χ1) is 14.1. The fourth-order valence-electron chi connectivity index (χ4n) is 3.44. The molecule has 0 spiro atoms. The number of benzene rings is 2. The van der Waals surface area contributed by atoms with E-state index in [1.54, 1.807) is 25.3 Å². The molecule has 7 nitrogen and oxygen atoms in total. The van der Waals surface area contributed by atoms with Crippen molar-refractivity contribution < 1.29 is 23.8 Å². The smallest absolute Gasteiger partial charge is 0.240 e. The molecule has 2 N–H and O–H groups in total. The molecule has 2 aromatic rings. The Labute approximate surface area is 169 Å². The summed E-state index contributed by atoms with van der Waals surface area (Å²) in [5.41, 5.74) is 0.613. The van der Waals surface area contributed by atoms with Gasteiger partial charge in [0.1, 0.15) is 24.4 Å². The third kappa shape index (κ3) is 3.99. The van der Waals surface area contributed by atoms with Gasteiger partial charge in [0, 0.05) is 18.3 Å². The highest BCUT2D eigenvalue weighted by atomic mass is 16.6. The van der Waals surface area contributed by atoms with Crippen LogP contribution in [0.2, 0.25) is 0 Å². The lowest BCUT2D eigenvalue weighted by molar-refractivity contribution is -0.134. The third-order valence-corrected chi connectivity index (χ3v) is 5.29. The van der Waals surface area contributed by atoms with Crippen molar-refractivity contribution in [2.24, 2.45) is 5.41 Å². The molecule has 2 aromatic carbocycles. The molecule has 0 aromatic heterocycles. The summed E-state index contributed by atoms with van der Waals surface area (Å²) in [6.07, 6.45) is 1.73. The second kappa shape index (κ2) is 8.03. The second-order valence-electron chi connectivity index (χ2n) is 7.21. The minimum Gasteiger partial charge on any atom is -0.496 e. The van der Waals surface area contributed by atoms with Gasteiger partial charge in [-0.05, 0) is 43.0 Å². The molecule has 1 heterocycles. The number of carbonyl (C=O) groups excluding carboxylic acids is 2. The fraction of sp³-hybridized carbons (Fsp3) is 0.364. The van der Waals surface area contributed by atoms with Crippen LogP contribution < -0.4 is 24.8 Å². The van der Waals surface area contributed by atoms with Gasteiger partial charge in [-0.25, -0.2) is 0 Å². The number of hydrogen-bond acceptors (Lipinski definition) is 5. The number of anilines is 1. The molecule has 152 valence electrons. The lowest BCUT2D eigenvalue weighted by Gasteiger charge is -2.20. The SMILES string of the molecule is COc1ccccc1CCNC(=O)C1(C(=O)Nc2ccc3c(c2)OCCO3)CC1. The molecule has 0 atom stereocenters. The average Bonchev–Trinajstić information content (AvgIpc) is 3.56. The molecule has 7 heteroatoms. The maximum atomic E-state index is 12.8. The summed E-state index contributed by atoms with van der Waals surface area (Å²) in [7, 11) is 1.62. The van der Waals surface area contributed by atoms with Crippen LogP contribution in [0, 0.1) is 5.41 Å². The highest BCUT2D eigenvalue weighted by molar-refractivity contribution is 6.13. The van der Waals surface area contributed by atoms with Crippen LogP contribution in [-0.2, 0) is 16.0 Å². The number of methoxy groups -OCH3 is 1. The number of carbonyl (C=O) groups is 2. The zero-order valence-corrected chi connectivity index (χ0v) is 16.3. The van der Waals surface area contributed by atoms with E-state index in [1.807, 2.05) is 24.3 Å². The lowest BCUT2D eigenvalue weighted by atomic mass is 10.0. The summed E-state index contributed by atoms with van der Waals surface area (Å²) in [5, 5.41) is 5.75. The molecule has 2 aliphatic rings. The number of rotatable bonds is 7. The van der Waals surface area contributed by atoms with Crippen molar-refractivity contribution in [3.8, 4) is 17.2 Å². The van der Waals surface area contributed by atoms with Gasteiger partial charge in [0.15, 0.2) is 11.5 Å². The van der Waals surface area contributed by atoms with Crippen molar-refractivity contribution in [1.29, 1.82) is 0 Å². The van der Waals surface area contributed by atoms with Crippen molar-refractivity contribution in [2.45, 2.75) is 19.3 Å². The number of fused-ring (bicyclic) bond motifs is 1. The van der Waals surface area contributed by atoms with Crippen LogP contribution in [-0.4, -0.2) is 38.7 Å². The van der Waals surface area contributed by atoms with Gasteiger partial charge in [0.05, 0.1) is 7.11 Å². The molecule has 4 rings (SSSR count). The van der Waals surface area contributed by atoms with Crippen LogP contribution in [0.15, 0.2) is 42.5 Å². The van der Waals surface area contributed by atoms with Crippen molar-refractivity contribution >= 4 is 17.5 Å². The van der Waals surface area contributed by atoms with Gasteiger partial charge in [-0.3, -0.25) is 9.59 Å². The molecule has 29 heavy (non-hydrogen) atoms. The summed E-state index contributed by atoms with van der Waals surface area (Å²) >= 11 is 0. The summed E-state index contributed by atoms with van der Waals surface area (Å²) in [6, 6.07) is 12.9. The number of ether oxygens (including phenoxy) is 3. The average molecular weight is 396 g/mol. The lowest BCUT2D eigenvalue weighted by Crippen LogP contribution is -2.40. The quantitative estimate of drug-likeness (QED) is 0.703. The Morgan fingerprint density at radius 2 is 1.79 bits per heavy atom. The predicted molar refractivity (Wildman–Crippen MR) is 107 cm³/mol. The molecule has 2 amide bonds. The molecule has 0 saturated heterocycles. The zero-order valence-electron chi connectivity index (χ0n) is 16.3. The molecule has 0 radical (unpaired) electrons. The van der Waals surface area contributed by atoms with Crippen molar-refractivity contribution in [3.63, 3.8) is 0 Å². The number of para-hydroxylation sites is 1. The normalized spacial score (nSPS) is 15.9. The van der Waals surface area contributed by atoms with Crippen LogP contribution in [0.5, 0.6) is 17.2 Å². The Kier molecular flexibility index (Phi) is 5.29. The van der Waals surface area contributed by atoms with Crippen molar-refractivity contribution in [2.75, 3.05) is 32.2 Å². The Balaban J connectivity index is 1.34. The zero-order chi connectivity index (χ0) is 20.3. The summed E-state index contributed by atoms with van der Waals surface area (Å²) < 4.78 is 16.4. The Morgan fingerprint density at radius 1 is 1.03 bits per heavy atom. The van der Waals surface area contributed by atoms with Gasteiger partial charge < -0.3 is 24.8 Å². The number of amides is 2. The van der Waals surface area contributed by atoms with E-state index in [-0.39, 0.29) is 11.8 Å². The number of nitrogens with one attached hydrogen (secondary N) is 2. The van der Waals surface area contributed by atoms with E-state index in [4.69, 9.17) is 14.2 Å². The van der Waals surface area contributed by atoms with Gasteiger partial charge in [-0.1, -0.05) is 18.2 Å². The van der Waals surface area contributed by atoms with E-state index < -0.39 is 5.41 Å². The first-order valence-corrected chi connectivity index (χ1v) is 9.74. The molecular formula is C22H24N2O5. The van der Waals surface area contributed by atoms with E-state index >= 15 is 0 Å². The Bertz CT molecular complexity index is 923. The van der Waals surface area contributed by atoms with E-state index in [9.17, 15) is 9.59 Å².